The molecule has 0 fully saturated rings. The molecule has 0 aromatic heterocycles. The summed E-state index contributed by atoms with van der Waals surface area (Å²) >= 11 is 0. The van der Waals surface area contributed by atoms with E-state index in [-0.39, 0.29) is 29.6 Å². The third-order valence-corrected chi connectivity index (χ3v) is 3.04. The topological polar surface area (TPSA) is 66.4 Å². The van der Waals surface area contributed by atoms with Crippen molar-refractivity contribution in [3.8, 4) is 0 Å². The van der Waals surface area contributed by atoms with Gasteiger partial charge in [0.05, 0.1) is 12.4 Å². The standard InChI is InChI=1S/C14H18O4.Na/c1-3-14(4-2,11-8-6-5-7-9-11)18-13(17)10-12(15)16;/h5-9H,3-4,10H2,1-2H3,(H,15,16);/q;+1/p-1. The van der Waals surface area contributed by atoms with Gasteiger partial charge in [0.15, 0.2) is 0 Å². The maximum absolute atomic E-state index is 11.5. The van der Waals surface area contributed by atoms with Gasteiger partial charge in [-0.2, -0.15) is 0 Å². The fraction of sp³-hybridized carbons (Fsp3) is 0.429. The maximum atomic E-state index is 11.5. The van der Waals surface area contributed by atoms with Crippen LogP contribution in [0, 0.1) is 0 Å². The number of hydrogen-bond acceptors (Lipinski definition) is 4. The van der Waals surface area contributed by atoms with Crippen LogP contribution in [0.2, 0.25) is 0 Å². The Bertz CT molecular complexity index is 413. The summed E-state index contributed by atoms with van der Waals surface area (Å²) in [6.45, 7) is 3.81. The van der Waals surface area contributed by atoms with Gasteiger partial charge in [0.2, 0.25) is 0 Å². The normalized spacial score (nSPS) is 10.4. The van der Waals surface area contributed by atoms with Crippen molar-refractivity contribution in [3.63, 3.8) is 0 Å². The van der Waals surface area contributed by atoms with Crippen LogP contribution in [-0.2, 0) is 19.9 Å². The number of carboxylic acids is 1. The van der Waals surface area contributed by atoms with E-state index in [1.807, 2.05) is 44.2 Å². The van der Waals surface area contributed by atoms with E-state index in [0.717, 1.165) is 5.56 Å². The molecular formula is C14H17NaO4. The number of esters is 1. The molecule has 0 aliphatic rings. The molecule has 98 valence electrons. The minimum atomic E-state index is -1.42. The fourth-order valence-corrected chi connectivity index (χ4v) is 1.98. The molecule has 1 aromatic rings. The van der Waals surface area contributed by atoms with Crippen LogP contribution >= 0.6 is 0 Å². The molecule has 0 spiro atoms. The van der Waals surface area contributed by atoms with Crippen molar-refractivity contribution < 1.29 is 49.0 Å². The quantitative estimate of drug-likeness (QED) is 0.355. The summed E-state index contributed by atoms with van der Waals surface area (Å²) in [5.74, 6) is -2.18. The molecule has 1 rings (SSSR count). The molecule has 0 heterocycles. The maximum Gasteiger partial charge on any atom is 1.00 e. The number of carboxylic acid groups (broad SMARTS) is 1. The van der Waals surface area contributed by atoms with E-state index in [0.29, 0.717) is 12.8 Å². The zero-order valence-corrected chi connectivity index (χ0v) is 13.6. The van der Waals surface area contributed by atoms with E-state index in [9.17, 15) is 14.7 Å². The summed E-state index contributed by atoms with van der Waals surface area (Å²) in [5, 5.41) is 10.4. The van der Waals surface area contributed by atoms with Gasteiger partial charge >= 0.3 is 35.5 Å². The molecule has 0 aliphatic carbocycles. The first kappa shape index (κ1) is 18.2. The van der Waals surface area contributed by atoms with Crippen molar-refractivity contribution >= 4 is 11.9 Å². The van der Waals surface area contributed by atoms with E-state index in [1.165, 1.54) is 0 Å². The van der Waals surface area contributed by atoms with Crippen molar-refractivity contribution in [3.05, 3.63) is 35.9 Å². The number of rotatable bonds is 6. The molecule has 0 amide bonds. The van der Waals surface area contributed by atoms with Gasteiger partial charge in [0.1, 0.15) is 5.60 Å². The Hall–Kier alpha value is -0.840. The number of benzene rings is 1. The van der Waals surface area contributed by atoms with E-state index < -0.39 is 24.0 Å². The van der Waals surface area contributed by atoms with Gasteiger partial charge in [-0.05, 0) is 18.4 Å². The van der Waals surface area contributed by atoms with Gasteiger partial charge < -0.3 is 14.6 Å². The monoisotopic (exact) mass is 272 g/mol. The average molecular weight is 272 g/mol. The van der Waals surface area contributed by atoms with E-state index in [2.05, 4.69) is 0 Å². The van der Waals surface area contributed by atoms with Gasteiger partial charge in [-0.3, -0.25) is 4.79 Å². The van der Waals surface area contributed by atoms with Gasteiger partial charge in [0.25, 0.3) is 0 Å². The van der Waals surface area contributed by atoms with Gasteiger partial charge in [-0.1, -0.05) is 44.2 Å². The predicted molar refractivity (Wildman–Crippen MR) is 64.4 cm³/mol. The van der Waals surface area contributed by atoms with Gasteiger partial charge in [-0.15, -0.1) is 0 Å². The number of ether oxygens (including phenoxy) is 1. The summed E-state index contributed by atoms with van der Waals surface area (Å²) in [6, 6.07) is 9.35. The zero-order chi connectivity index (χ0) is 13.6. The molecule has 19 heavy (non-hydrogen) atoms. The first-order chi connectivity index (χ1) is 8.54. The molecule has 0 saturated heterocycles. The Morgan fingerprint density at radius 1 is 1.16 bits per heavy atom. The number of hydrogen-bond donors (Lipinski definition) is 0. The molecule has 1 aromatic carbocycles. The van der Waals surface area contributed by atoms with Crippen LogP contribution in [0.1, 0.15) is 38.7 Å². The van der Waals surface area contributed by atoms with Crippen molar-refractivity contribution in [2.24, 2.45) is 0 Å². The Morgan fingerprint density at radius 3 is 2.11 bits per heavy atom. The van der Waals surface area contributed by atoms with Crippen molar-refractivity contribution in [2.45, 2.75) is 38.7 Å². The predicted octanol–water partition coefficient (Wildman–Crippen LogP) is -1.61. The Balaban J connectivity index is 0.00000324. The van der Waals surface area contributed by atoms with Crippen LogP contribution in [0.3, 0.4) is 0 Å². The van der Waals surface area contributed by atoms with Gasteiger partial charge in [0, 0.05) is 0 Å². The van der Waals surface area contributed by atoms with E-state index >= 15 is 0 Å². The van der Waals surface area contributed by atoms with Gasteiger partial charge in [-0.25, -0.2) is 0 Å². The summed E-state index contributed by atoms with van der Waals surface area (Å²) in [6.07, 6.45) is 0.465. The summed E-state index contributed by atoms with van der Waals surface area (Å²) in [4.78, 5) is 21.9. The van der Waals surface area contributed by atoms with Crippen LogP contribution in [0.15, 0.2) is 30.3 Å². The SMILES string of the molecule is CCC(CC)(OC(=O)CC(=O)[O-])c1ccccc1.[Na+]. The fourth-order valence-electron chi connectivity index (χ4n) is 1.98. The van der Waals surface area contributed by atoms with Crippen LogP contribution in [0.4, 0.5) is 0 Å². The second-order valence-corrected chi connectivity index (χ2v) is 4.09. The second kappa shape index (κ2) is 8.35. The molecule has 0 saturated carbocycles. The summed E-state index contributed by atoms with van der Waals surface area (Å²) in [5.41, 5.74) is 0.120. The minimum absolute atomic E-state index is 0. The molecule has 4 nitrogen and oxygen atoms in total. The Kier molecular flexibility index (Phi) is 7.99. The number of carbonyl (C=O) groups excluding carboxylic acids is 2. The minimum Gasteiger partial charge on any atom is -0.550 e. The van der Waals surface area contributed by atoms with E-state index in [4.69, 9.17) is 4.74 Å². The van der Waals surface area contributed by atoms with Crippen LogP contribution in [-0.4, -0.2) is 11.9 Å². The summed E-state index contributed by atoms with van der Waals surface area (Å²) < 4.78 is 5.37. The molecule has 5 heteroatoms. The van der Waals surface area contributed by atoms with Crippen molar-refractivity contribution in [1.82, 2.24) is 0 Å². The van der Waals surface area contributed by atoms with Crippen molar-refractivity contribution in [1.29, 1.82) is 0 Å². The van der Waals surface area contributed by atoms with Crippen LogP contribution in [0.5, 0.6) is 0 Å². The molecular weight excluding hydrogens is 255 g/mol. The van der Waals surface area contributed by atoms with Crippen LogP contribution in [0.25, 0.3) is 0 Å². The first-order valence-electron chi connectivity index (χ1n) is 6.01. The molecule has 0 bridgehead atoms. The Labute approximate surface area is 135 Å². The second-order valence-electron chi connectivity index (χ2n) is 4.09. The third kappa shape index (κ3) is 4.97. The average Bonchev–Trinajstić information content (AvgIpc) is 2.36. The number of aliphatic carboxylic acids is 1. The third-order valence-electron chi connectivity index (χ3n) is 3.04. The number of carbonyl (C=O) groups is 2. The van der Waals surface area contributed by atoms with E-state index in [1.54, 1.807) is 0 Å². The molecule has 0 N–H and O–H groups in total. The van der Waals surface area contributed by atoms with Crippen molar-refractivity contribution in [2.75, 3.05) is 0 Å². The molecule has 0 aliphatic heterocycles. The Morgan fingerprint density at radius 2 is 1.68 bits per heavy atom. The van der Waals surface area contributed by atoms with Crippen LogP contribution < -0.4 is 34.7 Å². The zero-order valence-electron chi connectivity index (χ0n) is 11.6. The molecule has 0 unspecified atom stereocenters. The largest absolute Gasteiger partial charge is 1.00 e. The smallest absolute Gasteiger partial charge is 0.550 e. The summed E-state index contributed by atoms with van der Waals surface area (Å²) in [7, 11) is 0. The first-order valence-corrected chi connectivity index (χ1v) is 6.01. The molecule has 0 radical (unpaired) electrons. The molecule has 0 atom stereocenters.